The zero-order valence-electron chi connectivity index (χ0n) is 12.8. The highest BCUT2D eigenvalue weighted by molar-refractivity contribution is 9.10. The topological polar surface area (TPSA) is 47.6 Å². The molecule has 116 valence electrons. The van der Waals surface area contributed by atoms with Gasteiger partial charge in [-0.05, 0) is 61.4 Å². The van der Waals surface area contributed by atoms with Crippen molar-refractivity contribution >= 4 is 27.5 Å². The molecule has 0 fully saturated rings. The number of rotatable bonds is 5. The van der Waals surface area contributed by atoms with E-state index in [1.54, 1.807) is 31.4 Å². The summed E-state index contributed by atoms with van der Waals surface area (Å²) < 4.78 is 11.5. The normalized spacial score (nSPS) is 10.2. The quantitative estimate of drug-likeness (QED) is 0.869. The summed E-state index contributed by atoms with van der Waals surface area (Å²) in [4.78, 5) is 12.0. The minimum atomic E-state index is -0.190. The lowest BCUT2D eigenvalue weighted by molar-refractivity contribution is -0.118. The number of methoxy groups -OCH3 is 1. The Kier molecular flexibility index (Phi) is 5.44. The van der Waals surface area contributed by atoms with Crippen LogP contribution in [0.3, 0.4) is 0 Å². The second-order valence-corrected chi connectivity index (χ2v) is 5.84. The zero-order chi connectivity index (χ0) is 16.1. The second kappa shape index (κ2) is 7.31. The molecule has 0 aliphatic rings. The van der Waals surface area contributed by atoms with Gasteiger partial charge < -0.3 is 14.8 Å². The van der Waals surface area contributed by atoms with Crippen LogP contribution in [0.25, 0.3) is 0 Å². The smallest absolute Gasteiger partial charge is 0.262 e. The molecule has 0 unspecified atom stereocenters. The van der Waals surface area contributed by atoms with Crippen molar-refractivity contribution < 1.29 is 14.3 Å². The molecule has 2 aromatic carbocycles. The Labute approximate surface area is 138 Å². The number of hydrogen-bond acceptors (Lipinski definition) is 3. The van der Waals surface area contributed by atoms with Crippen LogP contribution in [0, 0.1) is 13.8 Å². The first-order chi connectivity index (χ1) is 10.5. The number of hydrogen-bond donors (Lipinski definition) is 1. The molecule has 1 amide bonds. The summed E-state index contributed by atoms with van der Waals surface area (Å²) in [5, 5.41) is 2.89. The minimum Gasteiger partial charge on any atom is -0.497 e. The van der Waals surface area contributed by atoms with Crippen LogP contribution in [-0.2, 0) is 4.79 Å². The fourth-order valence-electron chi connectivity index (χ4n) is 2.10. The number of carbonyl (C=O) groups excluding carboxylic acids is 1. The first kappa shape index (κ1) is 16.4. The van der Waals surface area contributed by atoms with Gasteiger partial charge >= 0.3 is 0 Å². The Hall–Kier alpha value is -2.01. The van der Waals surface area contributed by atoms with Gasteiger partial charge in [0.1, 0.15) is 11.5 Å². The molecule has 0 heterocycles. The largest absolute Gasteiger partial charge is 0.497 e. The number of amides is 1. The van der Waals surface area contributed by atoms with Gasteiger partial charge in [0.05, 0.1) is 7.11 Å². The molecule has 4 nitrogen and oxygen atoms in total. The third kappa shape index (κ3) is 4.24. The Morgan fingerprint density at radius 3 is 2.18 bits per heavy atom. The Morgan fingerprint density at radius 1 is 1.09 bits per heavy atom. The van der Waals surface area contributed by atoms with E-state index in [9.17, 15) is 4.79 Å². The third-order valence-electron chi connectivity index (χ3n) is 3.19. The molecule has 0 aliphatic carbocycles. The fraction of sp³-hybridized carbons (Fsp3) is 0.235. The van der Waals surface area contributed by atoms with Crippen LogP contribution in [0.15, 0.2) is 40.9 Å². The molecule has 0 aliphatic heterocycles. The van der Waals surface area contributed by atoms with Gasteiger partial charge in [-0.25, -0.2) is 0 Å². The van der Waals surface area contributed by atoms with Crippen molar-refractivity contribution in [3.63, 3.8) is 0 Å². The number of nitrogens with one attached hydrogen (secondary N) is 1. The van der Waals surface area contributed by atoms with Gasteiger partial charge in [-0.1, -0.05) is 15.9 Å². The van der Waals surface area contributed by atoms with E-state index in [-0.39, 0.29) is 12.5 Å². The molecule has 0 spiro atoms. The van der Waals surface area contributed by atoms with Crippen molar-refractivity contribution in [1.82, 2.24) is 0 Å². The number of anilines is 1. The van der Waals surface area contributed by atoms with E-state index in [4.69, 9.17) is 9.47 Å². The first-order valence-corrected chi connectivity index (χ1v) is 7.62. The van der Waals surface area contributed by atoms with Crippen molar-refractivity contribution in [3.8, 4) is 11.5 Å². The molecule has 0 saturated heterocycles. The van der Waals surface area contributed by atoms with Gasteiger partial charge in [-0.15, -0.1) is 0 Å². The molecule has 0 atom stereocenters. The molecular weight excluding hydrogens is 346 g/mol. The standard InChI is InChI=1S/C17H18BrNO3/c1-11-8-13(18)9-12(2)17(11)19-16(20)10-22-15-6-4-14(21-3)5-7-15/h4-9H,10H2,1-3H3,(H,19,20). The van der Waals surface area contributed by atoms with Crippen molar-refractivity contribution in [3.05, 3.63) is 52.0 Å². The van der Waals surface area contributed by atoms with Crippen LogP contribution in [0.5, 0.6) is 11.5 Å². The lowest BCUT2D eigenvalue weighted by Crippen LogP contribution is -2.21. The number of aryl methyl sites for hydroxylation is 2. The monoisotopic (exact) mass is 363 g/mol. The molecule has 2 rings (SSSR count). The van der Waals surface area contributed by atoms with Crippen molar-refractivity contribution in [2.24, 2.45) is 0 Å². The lowest BCUT2D eigenvalue weighted by atomic mass is 10.1. The molecule has 0 radical (unpaired) electrons. The summed E-state index contributed by atoms with van der Waals surface area (Å²) in [5.74, 6) is 1.18. The average molecular weight is 364 g/mol. The van der Waals surface area contributed by atoms with Crippen molar-refractivity contribution in [1.29, 1.82) is 0 Å². The SMILES string of the molecule is COc1ccc(OCC(=O)Nc2c(C)cc(Br)cc2C)cc1. The number of ether oxygens (including phenoxy) is 2. The molecule has 0 aromatic heterocycles. The summed E-state index contributed by atoms with van der Waals surface area (Å²) in [6, 6.07) is 11.0. The summed E-state index contributed by atoms with van der Waals surface area (Å²) in [7, 11) is 1.60. The number of halogens is 1. The maximum atomic E-state index is 12.0. The zero-order valence-corrected chi connectivity index (χ0v) is 14.4. The van der Waals surface area contributed by atoms with Crippen LogP contribution in [0.4, 0.5) is 5.69 Å². The predicted molar refractivity (Wildman–Crippen MR) is 90.7 cm³/mol. The van der Waals surface area contributed by atoms with Gasteiger partial charge in [0.25, 0.3) is 5.91 Å². The molecule has 0 saturated carbocycles. The number of benzene rings is 2. The molecule has 1 N–H and O–H groups in total. The first-order valence-electron chi connectivity index (χ1n) is 6.83. The highest BCUT2D eigenvalue weighted by Gasteiger charge is 2.09. The number of carbonyl (C=O) groups is 1. The average Bonchev–Trinajstić information content (AvgIpc) is 2.49. The van der Waals surface area contributed by atoms with Crippen LogP contribution in [0.2, 0.25) is 0 Å². The van der Waals surface area contributed by atoms with Crippen LogP contribution in [-0.4, -0.2) is 19.6 Å². The van der Waals surface area contributed by atoms with Gasteiger partial charge in [0.15, 0.2) is 6.61 Å². The highest BCUT2D eigenvalue weighted by atomic mass is 79.9. The molecule has 2 aromatic rings. The Balaban J connectivity index is 1.95. The third-order valence-corrected chi connectivity index (χ3v) is 3.65. The second-order valence-electron chi connectivity index (χ2n) is 4.93. The van der Waals surface area contributed by atoms with Gasteiger partial charge in [-0.3, -0.25) is 4.79 Å². The summed E-state index contributed by atoms with van der Waals surface area (Å²) in [6.07, 6.45) is 0. The summed E-state index contributed by atoms with van der Waals surface area (Å²) >= 11 is 3.44. The van der Waals surface area contributed by atoms with E-state index >= 15 is 0 Å². The minimum absolute atomic E-state index is 0.0404. The van der Waals surface area contributed by atoms with Crippen LogP contribution < -0.4 is 14.8 Å². The van der Waals surface area contributed by atoms with Crippen LogP contribution >= 0.6 is 15.9 Å². The molecule has 0 bridgehead atoms. The van der Waals surface area contributed by atoms with E-state index in [0.717, 1.165) is 27.0 Å². The van der Waals surface area contributed by atoms with Gasteiger partial charge in [-0.2, -0.15) is 0 Å². The van der Waals surface area contributed by atoms with E-state index in [2.05, 4.69) is 21.2 Å². The molecule has 22 heavy (non-hydrogen) atoms. The Bertz CT molecular complexity index is 645. The summed E-state index contributed by atoms with van der Waals surface area (Å²) in [5.41, 5.74) is 2.83. The fourth-order valence-corrected chi connectivity index (χ4v) is 2.79. The van der Waals surface area contributed by atoms with Crippen molar-refractivity contribution in [2.75, 3.05) is 19.0 Å². The molecule has 5 heteroatoms. The van der Waals surface area contributed by atoms with Crippen LogP contribution in [0.1, 0.15) is 11.1 Å². The van der Waals surface area contributed by atoms with E-state index in [1.807, 2.05) is 26.0 Å². The highest BCUT2D eigenvalue weighted by Crippen LogP contribution is 2.25. The van der Waals surface area contributed by atoms with E-state index in [0.29, 0.717) is 5.75 Å². The van der Waals surface area contributed by atoms with E-state index in [1.165, 1.54) is 0 Å². The Morgan fingerprint density at radius 2 is 1.64 bits per heavy atom. The predicted octanol–water partition coefficient (Wildman–Crippen LogP) is 4.09. The maximum Gasteiger partial charge on any atom is 0.262 e. The summed E-state index contributed by atoms with van der Waals surface area (Å²) in [6.45, 7) is 3.87. The van der Waals surface area contributed by atoms with E-state index < -0.39 is 0 Å². The lowest BCUT2D eigenvalue weighted by Gasteiger charge is -2.13. The van der Waals surface area contributed by atoms with Crippen molar-refractivity contribution in [2.45, 2.75) is 13.8 Å². The van der Waals surface area contributed by atoms with Gasteiger partial charge in [0.2, 0.25) is 0 Å². The maximum absolute atomic E-state index is 12.0. The van der Waals surface area contributed by atoms with Gasteiger partial charge in [0, 0.05) is 10.2 Å². The molecular formula is C17H18BrNO3.